The molecule has 2 N–H and O–H groups in total. The van der Waals surface area contributed by atoms with Gasteiger partial charge in [0.05, 0.1) is 18.2 Å². The first-order valence-corrected chi connectivity index (χ1v) is 10.5. The van der Waals surface area contributed by atoms with Crippen molar-refractivity contribution in [3.8, 4) is 22.6 Å². The number of ether oxygens (including phenoxy) is 2. The topological polar surface area (TPSA) is 111 Å². The second kappa shape index (κ2) is 9.94. The van der Waals surface area contributed by atoms with E-state index in [1.54, 1.807) is 48.4 Å². The molecule has 0 bridgehead atoms. The predicted octanol–water partition coefficient (Wildman–Crippen LogP) is 5.58. The van der Waals surface area contributed by atoms with Crippen LogP contribution < -0.4 is 14.8 Å². The van der Waals surface area contributed by atoms with Gasteiger partial charge >= 0.3 is 12.3 Å². The number of anilines is 2. The second-order valence-electron chi connectivity index (χ2n) is 7.79. The lowest BCUT2D eigenvalue weighted by atomic mass is 10.0. The maximum absolute atomic E-state index is 13.0. The van der Waals surface area contributed by atoms with Gasteiger partial charge in [-0.1, -0.05) is 12.1 Å². The number of carbonyl (C=O) groups is 1. The van der Waals surface area contributed by atoms with Gasteiger partial charge in [-0.15, -0.1) is 0 Å². The number of aromatic nitrogens is 4. The molecule has 2 aromatic carbocycles. The Kier molecular flexibility index (Phi) is 6.77. The molecule has 0 fully saturated rings. The Morgan fingerprint density at radius 3 is 2.61 bits per heavy atom. The van der Waals surface area contributed by atoms with Crippen LogP contribution in [0.25, 0.3) is 11.1 Å². The Bertz CT molecular complexity index is 1400. The molecule has 12 heteroatoms. The largest absolute Gasteiger partial charge is 0.511 e. The van der Waals surface area contributed by atoms with Crippen LogP contribution in [0.2, 0.25) is 0 Å². The molecule has 0 aliphatic carbocycles. The van der Waals surface area contributed by atoms with Crippen LogP contribution in [0.1, 0.15) is 17.0 Å². The Morgan fingerprint density at radius 2 is 1.92 bits per heavy atom. The molecular formula is C24H20F3N5O4. The molecule has 4 rings (SSSR count). The summed E-state index contributed by atoms with van der Waals surface area (Å²) in [4.78, 5) is 22.7. The number of nitrogens with one attached hydrogen (secondary N) is 1. The van der Waals surface area contributed by atoms with Gasteiger partial charge in [0, 0.05) is 18.9 Å². The number of hydrogen-bond acceptors (Lipinski definition) is 7. The third-order valence-electron chi connectivity index (χ3n) is 5.05. The van der Waals surface area contributed by atoms with Gasteiger partial charge < -0.3 is 24.5 Å². The van der Waals surface area contributed by atoms with E-state index >= 15 is 0 Å². The molecule has 0 spiro atoms. The summed E-state index contributed by atoms with van der Waals surface area (Å²) in [5, 5.41) is 12.0. The Labute approximate surface area is 203 Å². The van der Waals surface area contributed by atoms with Crippen LogP contribution in [0.3, 0.4) is 0 Å². The highest BCUT2D eigenvalue weighted by atomic mass is 19.4. The van der Waals surface area contributed by atoms with Crippen LogP contribution in [0.5, 0.6) is 11.5 Å². The number of carboxylic acid groups (broad SMARTS) is 1. The van der Waals surface area contributed by atoms with E-state index in [0.29, 0.717) is 16.8 Å². The zero-order chi connectivity index (χ0) is 25.9. The van der Waals surface area contributed by atoms with Crippen molar-refractivity contribution in [2.24, 2.45) is 7.05 Å². The zero-order valence-corrected chi connectivity index (χ0v) is 19.1. The van der Waals surface area contributed by atoms with Crippen LogP contribution in [-0.2, 0) is 19.8 Å². The fourth-order valence-electron chi connectivity index (χ4n) is 3.38. The standard InChI is InChI=1S/C24H20F3N5O4/c1-14-7-16(9-17(8-14)30-22-29-6-5-21(31-22)24(25,26)27)15-3-4-19(20(10-15)36-23(33)34)35-12-18-11-28-13-32(18)2/h3-11,13H,12H2,1-2H3,(H,33,34)(H,29,30,31). The maximum Gasteiger partial charge on any atom is 0.511 e. The molecule has 2 aromatic heterocycles. The number of hydrogen-bond donors (Lipinski definition) is 2. The number of benzene rings is 2. The monoisotopic (exact) mass is 499 g/mol. The SMILES string of the molecule is Cc1cc(Nc2nccc(C(F)(F)F)n2)cc(-c2ccc(OCc3cncn3C)c(OC(=O)O)c2)c1. The summed E-state index contributed by atoms with van der Waals surface area (Å²) >= 11 is 0. The first-order valence-electron chi connectivity index (χ1n) is 10.5. The lowest BCUT2D eigenvalue weighted by Gasteiger charge is -2.14. The highest BCUT2D eigenvalue weighted by molar-refractivity contribution is 5.74. The van der Waals surface area contributed by atoms with Crippen molar-refractivity contribution in [3.05, 3.63) is 78.1 Å². The van der Waals surface area contributed by atoms with E-state index in [4.69, 9.17) is 9.47 Å². The molecule has 0 aliphatic rings. The van der Waals surface area contributed by atoms with Crippen molar-refractivity contribution in [2.75, 3.05) is 5.32 Å². The highest BCUT2D eigenvalue weighted by Crippen LogP contribution is 2.35. The molecule has 0 unspecified atom stereocenters. The molecule has 0 saturated heterocycles. The van der Waals surface area contributed by atoms with Gasteiger partial charge in [-0.25, -0.2) is 19.7 Å². The summed E-state index contributed by atoms with van der Waals surface area (Å²) in [6.07, 6.45) is -1.84. The summed E-state index contributed by atoms with van der Waals surface area (Å²) in [6.45, 7) is 1.95. The molecule has 0 amide bonds. The van der Waals surface area contributed by atoms with Crippen LogP contribution in [0.15, 0.2) is 61.2 Å². The molecule has 0 saturated carbocycles. The van der Waals surface area contributed by atoms with Crippen LogP contribution in [-0.4, -0.2) is 30.8 Å². The summed E-state index contributed by atoms with van der Waals surface area (Å²) in [6, 6.07) is 10.8. The molecule has 4 aromatic rings. The van der Waals surface area contributed by atoms with Crippen LogP contribution in [0, 0.1) is 6.92 Å². The second-order valence-corrected chi connectivity index (χ2v) is 7.79. The number of nitrogens with zero attached hydrogens (tertiary/aromatic N) is 4. The van der Waals surface area contributed by atoms with E-state index in [1.165, 1.54) is 6.07 Å². The molecule has 0 atom stereocenters. The van der Waals surface area contributed by atoms with Crippen molar-refractivity contribution < 1.29 is 32.5 Å². The first kappa shape index (κ1) is 24.5. The van der Waals surface area contributed by atoms with Crippen molar-refractivity contribution >= 4 is 17.8 Å². The fourth-order valence-corrected chi connectivity index (χ4v) is 3.38. The Hall–Kier alpha value is -4.61. The van der Waals surface area contributed by atoms with E-state index in [0.717, 1.165) is 23.5 Å². The normalized spacial score (nSPS) is 11.2. The number of halogens is 3. The number of imidazole rings is 1. The Morgan fingerprint density at radius 1 is 1.11 bits per heavy atom. The van der Waals surface area contributed by atoms with Gasteiger partial charge in [0.1, 0.15) is 12.3 Å². The van der Waals surface area contributed by atoms with E-state index < -0.39 is 18.0 Å². The van der Waals surface area contributed by atoms with E-state index in [2.05, 4.69) is 20.3 Å². The molecule has 36 heavy (non-hydrogen) atoms. The average molecular weight is 499 g/mol. The third-order valence-corrected chi connectivity index (χ3v) is 5.05. The number of rotatable bonds is 7. The van der Waals surface area contributed by atoms with Gasteiger partial charge in [0.2, 0.25) is 5.95 Å². The van der Waals surface area contributed by atoms with E-state index in [9.17, 15) is 23.1 Å². The highest BCUT2D eigenvalue weighted by Gasteiger charge is 2.32. The minimum Gasteiger partial charge on any atom is -0.483 e. The predicted molar refractivity (Wildman–Crippen MR) is 123 cm³/mol. The van der Waals surface area contributed by atoms with Crippen molar-refractivity contribution in [1.82, 2.24) is 19.5 Å². The lowest BCUT2D eigenvalue weighted by Crippen LogP contribution is -2.10. The van der Waals surface area contributed by atoms with E-state index in [1.807, 2.05) is 13.0 Å². The number of aryl methyl sites for hydroxylation is 2. The van der Waals surface area contributed by atoms with Crippen LogP contribution >= 0.6 is 0 Å². The first-order chi connectivity index (χ1) is 17.1. The molecule has 0 aliphatic heterocycles. The number of alkyl halides is 3. The van der Waals surface area contributed by atoms with E-state index in [-0.39, 0.29) is 24.1 Å². The maximum atomic E-state index is 13.0. The molecule has 0 radical (unpaired) electrons. The molecular weight excluding hydrogens is 479 g/mol. The van der Waals surface area contributed by atoms with Gasteiger partial charge in [0.25, 0.3) is 0 Å². The Balaban J connectivity index is 1.62. The van der Waals surface area contributed by atoms with Crippen molar-refractivity contribution in [1.29, 1.82) is 0 Å². The lowest BCUT2D eigenvalue weighted by molar-refractivity contribution is -0.141. The van der Waals surface area contributed by atoms with Gasteiger partial charge in [-0.05, 0) is 53.9 Å². The fraction of sp³-hybridized carbons (Fsp3) is 0.167. The van der Waals surface area contributed by atoms with Gasteiger partial charge in [-0.2, -0.15) is 13.2 Å². The summed E-state index contributed by atoms with van der Waals surface area (Å²) in [5.41, 5.74) is 2.19. The third kappa shape index (κ3) is 5.90. The summed E-state index contributed by atoms with van der Waals surface area (Å²) < 4.78 is 51.4. The summed E-state index contributed by atoms with van der Waals surface area (Å²) in [7, 11) is 1.80. The molecule has 2 heterocycles. The zero-order valence-electron chi connectivity index (χ0n) is 19.1. The van der Waals surface area contributed by atoms with Crippen LogP contribution in [0.4, 0.5) is 29.6 Å². The van der Waals surface area contributed by atoms with Crippen molar-refractivity contribution in [2.45, 2.75) is 19.7 Å². The average Bonchev–Trinajstić information content (AvgIpc) is 3.21. The molecule has 186 valence electrons. The molecule has 9 nitrogen and oxygen atoms in total. The van der Waals surface area contributed by atoms with Gasteiger partial charge in [0.15, 0.2) is 11.5 Å². The summed E-state index contributed by atoms with van der Waals surface area (Å²) in [5.74, 6) is -0.0136. The minimum absolute atomic E-state index is 0.0144. The smallest absolute Gasteiger partial charge is 0.483 e. The quantitative estimate of drug-likeness (QED) is 0.250. The van der Waals surface area contributed by atoms with Gasteiger partial charge in [-0.3, -0.25) is 0 Å². The minimum atomic E-state index is -4.60. The van der Waals surface area contributed by atoms with Crippen molar-refractivity contribution in [3.63, 3.8) is 0 Å².